The minimum atomic E-state index is -0.413. The van der Waals surface area contributed by atoms with E-state index in [2.05, 4.69) is 36.7 Å². The van der Waals surface area contributed by atoms with Crippen molar-refractivity contribution in [2.24, 2.45) is 5.10 Å². The van der Waals surface area contributed by atoms with Crippen molar-refractivity contribution in [1.82, 2.24) is 15.6 Å². The van der Waals surface area contributed by atoms with Gasteiger partial charge in [-0.3, -0.25) is 9.89 Å². The Labute approximate surface area is 130 Å². The molecule has 7 heteroatoms. The Morgan fingerprint density at radius 3 is 2.90 bits per heavy atom. The van der Waals surface area contributed by atoms with E-state index in [9.17, 15) is 9.90 Å². The molecule has 0 spiro atoms. The Kier molecular flexibility index (Phi) is 4.74. The number of hydrogen-bond acceptors (Lipinski definition) is 4. The van der Waals surface area contributed by atoms with Crippen LogP contribution in [0.15, 0.2) is 33.8 Å². The highest BCUT2D eigenvalue weighted by Gasteiger charge is 2.11. The zero-order valence-corrected chi connectivity index (χ0v) is 13.2. The highest BCUT2D eigenvalue weighted by Crippen LogP contribution is 2.19. The molecule has 21 heavy (non-hydrogen) atoms. The third-order valence-corrected chi connectivity index (χ3v) is 3.30. The number of benzene rings is 1. The molecule has 0 saturated carbocycles. The van der Waals surface area contributed by atoms with Crippen LogP contribution < -0.4 is 5.43 Å². The first kappa shape index (κ1) is 15.2. The number of H-pyrrole nitrogens is 1. The number of hydrogen-bond donors (Lipinski definition) is 3. The number of aromatic nitrogens is 2. The van der Waals surface area contributed by atoms with Gasteiger partial charge in [0.2, 0.25) is 0 Å². The van der Waals surface area contributed by atoms with E-state index in [4.69, 9.17) is 0 Å². The van der Waals surface area contributed by atoms with Gasteiger partial charge < -0.3 is 5.11 Å². The number of phenolic OH excluding ortho intramolecular Hbond substituents is 1. The number of rotatable bonds is 4. The first-order chi connectivity index (χ1) is 9.97. The molecule has 0 fully saturated rings. The van der Waals surface area contributed by atoms with Crippen molar-refractivity contribution in [2.45, 2.75) is 19.8 Å². The molecule has 0 aliphatic heterocycles. The molecule has 0 aliphatic rings. The summed E-state index contributed by atoms with van der Waals surface area (Å²) in [6.07, 6.45) is 1.37. The number of aromatic hydroxyl groups is 1. The predicted octanol–water partition coefficient (Wildman–Crippen LogP) is 2.77. The lowest BCUT2D eigenvalue weighted by Crippen LogP contribution is -2.18. The molecular weight excluding hydrogens is 336 g/mol. The third-order valence-electron chi connectivity index (χ3n) is 2.81. The molecule has 1 aromatic heterocycles. The maximum atomic E-state index is 11.8. The summed E-state index contributed by atoms with van der Waals surface area (Å²) in [6, 6.07) is 6.63. The molecule has 0 atom stereocenters. The van der Waals surface area contributed by atoms with Crippen LogP contribution in [-0.4, -0.2) is 27.4 Å². The van der Waals surface area contributed by atoms with Crippen molar-refractivity contribution >= 4 is 28.1 Å². The Morgan fingerprint density at radius 1 is 1.48 bits per heavy atom. The van der Waals surface area contributed by atoms with Crippen LogP contribution in [0.4, 0.5) is 0 Å². The third kappa shape index (κ3) is 3.91. The number of amides is 1. The van der Waals surface area contributed by atoms with Crippen molar-refractivity contribution in [1.29, 1.82) is 0 Å². The van der Waals surface area contributed by atoms with Gasteiger partial charge in [0.1, 0.15) is 5.75 Å². The molecule has 1 heterocycles. The Bertz CT molecular complexity index is 679. The van der Waals surface area contributed by atoms with Crippen LogP contribution in [0.1, 0.15) is 41.5 Å². The van der Waals surface area contributed by atoms with Crippen LogP contribution in [0.25, 0.3) is 0 Å². The van der Waals surface area contributed by atoms with E-state index in [0.29, 0.717) is 5.56 Å². The average Bonchev–Trinajstić information content (AvgIpc) is 2.92. The van der Waals surface area contributed by atoms with Crippen LogP contribution in [0.2, 0.25) is 0 Å². The quantitative estimate of drug-likeness (QED) is 0.584. The number of hydrazone groups is 1. The van der Waals surface area contributed by atoms with E-state index in [1.807, 2.05) is 13.8 Å². The monoisotopic (exact) mass is 350 g/mol. The molecule has 2 aromatic rings. The van der Waals surface area contributed by atoms with E-state index >= 15 is 0 Å². The topological polar surface area (TPSA) is 90.4 Å². The Morgan fingerprint density at radius 2 is 2.24 bits per heavy atom. The number of carbonyl (C=O) groups is 1. The summed E-state index contributed by atoms with van der Waals surface area (Å²) in [5.41, 5.74) is 4.02. The van der Waals surface area contributed by atoms with Crippen molar-refractivity contribution in [3.8, 4) is 5.75 Å². The Balaban J connectivity index is 2.03. The van der Waals surface area contributed by atoms with E-state index in [1.54, 1.807) is 18.2 Å². The van der Waals surface area contributed by atoms with Crippen molar-refractivity contribution in [3.05, 3.63) is 45.7 Å². The predicted molar refractivity (Wildman–Crippen MR) is 83.5 cm³/mol. The van der Waals surface area contributed by atoms with Gasteiger partial charge in [-0.25, -0.2) is 5.43 Å². The van der Waals surface area contributed by atoms with Gasteiger partial charge in [-0.1, -0.05) is 29.8 Å². The van der Waals surface area contributed by atoms with Crippen LogP contribution in [0.5, 0.6) is 5.75 Å². The number of nitrogens with one attached hydrogen (secondary N) is 2. The number of carbonyl (C=O) groups excluding carboxylic acids is 1. The van der Waals surface area contributed by atoms with Crippen molar-refractivity contribution in [2.75, 3.05) is 0 Å². The van der Waals surface area contributed by atoms with Crippen LogP contribution in [0.3, 0.4) is 0 Å². The average molecular weight is 351 g/mol. The zero-order valence-electron chi connectivity index (χ0n) is 11.6. The van der Waals surface area contributed by atoms with Gasteiger partial charge in [0.05, 0.1) is 6.21 Å². The molecule has 0 unspecified atom stereocenters. The molecule has 0 bridgehead atoms. The zero-order chi connectivity index (χ0) is 15.4. The van der Waals surface area contributed by atoms with Crippen LogP contribution in [0, 0.1) is 0 Å². The molecule has 0 aliphatic carbocycles. The maximum Gasteiger partial charge on any atom is 0.291 e. The lowest BCUT2D eigenvalue weighted by molar-refractivity contribution is 0.0950. The number of halogens is 1. The molecule has 2 rings (SSSR count). The normalized spacial score (nSPS) is 11.2. The van der Waals surface area contributed by atoms with E-state index in [0.717, 1.165) is 10.2 Å². The van der Waals surface area contributed by atoms with E-state index < -0.39 is 5.91 Å². The van der Waals surface area contributed by atoms with Gasteiger partial charge in [-0.15, -0.1) is 0 Å². The molecule has 1 amide bonds. The molecule has 3 N–H and O–H groups in total. The number of phenols is 1. The molecule has 110 valence electrons. The summed E-state index contributed by atoms with van der Waals surface area (Å²) >= 11 is 3.30. The fraction of sp³-hybridized carbons (Fsp3) is 0.214. The van der Waals surface area contributed by atoms with Crippen LogP contribution in [-0.2, 0) is 0 Å². The van der Waals surface area contributed by atoms with Gasteiger partial charge >= 0.3 is 0 Å². The summed E-state index contributed by atoms with van der Waals surface area (Å²) in [7, 11) is 0. The Hall–Kier alpha value is -2.15. The first-order valence-electron chi connectivity index (χ1n) is 6.34. The minimum absolute atomic E-state index is 0.0815. The summed E-state index contributed by atoms with van der Waals surface area (Å²) in [5.74, 6) is -0.0666. The summed E-state index contributed by atoms with van der Waals surface area (Å²) in [4.78, 5) is 11.8. The SMILES string of the molecule is CC(C)c1cc(C(=O)N/N=C/c2cc(Br)ccc2O)n[nH]1. The van der Waals surface area contributed by atoms with Gasteiger partial charge in [0.15, 0.2) is 5.69 Å². The number of nitrogens with zero attached hydrogens (tertiary/aromatic N) is 2. The van der Waals surface area contributed by atoms with Gasteiger partial charge in [0.25, 0.3) is 5.91 Å². The summed E-state index contributed by atoms with van der Waals surface area (Å²) in [6.45, 7) is 4.01. The van der Waals surface area contributed by atoms with Gasteiger partial charge in [0, 0.05) is 15.7 Å². The molecular formula is C14H15BrN4O2. The van der Waals surface area contributed by atoms with Gasteiger partial charge in [-0.2, -0.15) is 10.2 Å². The molecule has 1 aromatic carbocycles. The minimum Gasteiger partial charge on any atom is -0.507 e. The largest absolute Gasteiger partial charge is 0.507 e. The second kappa shape index (κ2) is 6.53. The fourth-order valence-electron chi connectivity index (χ4n) is 1.60. The smallest absolute Gasteiger partial charge is 0.291 e. The highest BCUT2D eigenvalue weighted by molar-refractivity contribution is 9.10. The van der Waals surface area contributed by atoms with Crippen molar-refractivity contribution in [3.63, 3.8) is 0 Å². The lowest BCUT2D eigenvalue weighted by Gasteiger charge is -1.99. The highest BCUT2D eigenvalue weighted by atomic mass is 79.9. The van der Waals surface area contributed by atoms with E-state index in [-0.39, 0.29) is 17.4 Å². The molecule has 6 nitrogen and oxygen atoms in total. The van der Waals surface area contributed by atoms with Crippen molar-refractivity contribution < 1.29 is 9.90 Å². The number of aromatic amines is 1. The van der Waals surface area contributed by atoms with Crippen LogP contribution >= 0.6 is 15.9 Å². The van der Waals surface area contributed by atoms with Gasteiger partial charge in [-0.05, 0) is 30.2 Å². The second-order valence-electron chi connectivity index (χ2n) is 4.77. The fourth-order valence-corrected chi connectivity index (χ4v) is 1.97. The standard InChI is InChI=1S/C14H15BrN4O2/c1-8(2)11-6-12(18-17-11)14(21)19-16-7-9-5-10(15)3-4-13(9)20/h3-8,20H,1-2H3,(H,17,18)(H,19,21)/b16-7+. The molecule has 0 saturated heterocycles. The summed E-state index contributed by atoms with van der Waals surface area (Å²) < 4.78 is 0.807. The summed E-state index contributed by atoms with van der Waals surface area (Å²) in [5, 5.41) is 20.2. The second-order valence-corrected chi connectivity index (χ2v) is 5.68. The lowest BCUT2D eigenvalue weighted by atomic mass is 10.1. The maximum absolute atomic E-state index is 11.8. The van der Waals surface area contributed by atoms with E-state index in [1.165, 1.54) is 12.3 Å². The molecule has 0 radical (unpaired) electrons. The first-order valence-corrected chi connectivity index (χ1v) is 7.14.